The van der Waals surface area contributed by atoms with Gasteiger partial charge in [0, 0.05) is 5.69 Å². The fourth-order valence-electron chi connectivity index (χ4n) is 0.911. The average molecular weight is 183 g/mol. The van der Waals surface area contributed by atoms with E-state index in [-0.39, 0.29) is 0 Å². The lowest BCUT2D eigenvalue weighted by molar-refractivity contribution is 0.563. The number of aromatic nitrogens is 1. The molecule has 0 saturated heterocycles. The first-order chi connectivity index (χ1) is 5.72. The van der Waals surface area contributed by atoms with Crippen molar-refractivity contribution >= 4 is 17.7 Å². The molecule has 1 aromatic heterocycles. The van der Waals surface area contributed by atoms with Gasteiger partial charge in [-0.05, 0) is 24.6 Å². The highest BCUT2D eigenvalue weighted by atomic mass is 35.5. The fraction of sp³-hybridized carbons (Fsp3) is 0.250. The molecule has 0 aliphatic carbocycles. The zero-order chi connectivity index (χ0) is 8.97. The molecule has 0 atom stereocenters. The molecule has 62 valence electrons. The van der Waals surface area contributed by atoms with Crippen molar-refractivity contribution in [3.8, 4) is 0 Å². The van der Waals surface area contributed by atoms with Crippen LogP contribution in [0.5, 0.6) is 0 Å². The lowest BCUT2D eigenvalue weighted by Crippen LogP contribution is -1.87. The molecule has 1 rings (SSSR count). The van der Waals surface area contributed by atoms with E-state index in [2.05, 4.69) is 9.98 Å². The highest BCUT2D eigenvalue weighted by molar-refractivity contribution is 6.29. The molecule has 1 heterocycles. The maximum atomic E-state index is 9.81. The molecule has 0 radical (unpaired) electrons. The first-order valence-corrected chi connectivity index (χ1v) is 3.77. The molecule has 12 heavy (non-hydrogen) atoms. The predicted octanol–water partition coefficient (Wildman–Crippen LogP) is 1.88. The molecular weight excluding hydrogens is 176 g/mol. The molecule has 0 aromatic carbocycles. The summed E-state index contributed by atoms with van der Waals surface area (Å²) in [5, 5.41) is 0.422. The van der Waals surface area contributed by atoms with Gasteiger partial charge in [-0.3, -0.25) is 0 Å². The van der Waals surface area contributed by atoms with Gasteiger partial charge in [0.25, 0.3) is 0 Å². The number of isocyanates is 1. The standard InChI is InChI=1S/C8H7ClN2O/c1-6-2-7(4-10-5-12)3-8(9)11-6/h2-3H,4H2,1H3. The van der Waals surface area contributed by atoms with Gasteiger partial charge >= 0.3 is 0 Å². The minimum absolute atomic E-state index is 0.312. The Balaban J connectivity index is 2.92. The first kappa shape index (κ1) is 8.91. The van der Waals surface area contributed by atoms with Crippen molar-refractivity contribution in [3.05, 3.63) is 28.5 Å². The van der Waals surface area contributed by atoms with Crippen LogP contribution in [0.4, 0.5) is 0 Å². The van der Waals surface area contributed by atoms with Gasteiger partial charge in [0.1, 0.15) is 5.15 Å². The Morgan fingerprint density at radius 3 is 3.00 bits per heavy atom. The second-order valence-electron chi connectivity index (χ2n) is 2.35. The SMILES string of the molecule is Cc1cc(CN=C=O)cc(Cl)n1. The maximum Gasteiger partial charge on any atom is 0.235 e. The molecule has 0 N–H and O–H groups in total. The Bertz CT molecular complexity index is 312. The van der Waals surface area contributed by atoms with Crippen molar-refractivity contribution in [2.75, 3.05) is 0 Å². The molecule has 3 nitrogen and oxygen atoms in total. The van der Waals surface area contributed by atoms with Gasteiger partial charge in [0.15, 0.2) is 0 Å². The van der Waals surface area contributed by atoms with Crippen LogP contribution in [0.2, 0.25) is 5.15 Å². The third-order valence-corrected chi connectivity index (χ3v) is 1.50. The van der Waals surface area contributed by atoms with Gasteiger partial charge < -0.3 is 0 Å². The van der Waals surface area contributed by atoms with Crippen molar-refractivity contribution in [1.29, 1.82) is 0 Å². The molecule has 0 bridgehead atoms. The number of aryl methyl sites for hydroxylation is 1. The summed E-state index contributed by atoms with van der Waals surface area (Å²) in [7, 11) is 0. The Labute approximate surface area is 75.1 Å². The lowest BCUT2D eigenvalue weighted by atomic mass is 10.2. The Morgan fingerprint density at radius 1 is 1.67 bits per heavy atom. The zero-order valence-corrected chi connectivity index (χ0v) is 7.30. The van der Waals surface area contributed by atoms with Gasteiger partial charge in [0.2, 0.25) is 6.08 Å². The van der Waals surface area contributed by atoms with Gasteiger partial charge in [-0.25, -0.2) is 14.8 Å². The molecule has 1 aromatic rings. The third-order valence-electron chi connectivity index (χ3n) is 1.31. The van der Waals surface area contributed by atoms with Gasteiger partial charge in [-0.1, -0.05) is 11.6 Å². The van der Waals surface area contributed by atoms with Crippen molar-refractivity contribution < 1.29 is 4.79 Å². The topological polar surface area (TPSA) is 42.3 Å². The van der Waals surface area contributed by atoms with Crippen molar-refractivity contribution in [2.45, 2.75) is 13.5 Å². The predicted molar refractivity (Wildman–Crippen MR) is 45.8 cm³/mol. The van der Waals surface area contributed by atoms with Crippen LogP contribution in [-0.4, -0.2) is 11.1 Å². The lowest BCUT2D eigenvalue weighted by Gasteiger charge is -1.97. The number of aliphatic imine (C=N–C) groups is 1. The molecular formula is C8H7ClN2O. The summed E-state index contributed by atoms with van der Waals surface area (Å²) < 4.78 is 0. The molecule has 0 aliphatic heterocycles. The van der Waals surface area contributed by atoms with E-state index in [1.54, 1.807) is 6.07 Å². The summed E-state index contributed by atoms with van der Waals surface area (Å²) >= 11 is 5.68. The van der Waals surface area contributed by atoms with Crippen LogP contribution in [0.1, 0.15) is 11.3 Å². The van der Waals surface area contributed by atoms with Crippen LogP contribution < -0.4 is 0 Å². The molecule has 0 amide bonds. The molecule has 0 spiro atoms. The highest BCUT2D eigenvalue weighted by Crippen LogP contribution is 2.10. The number of rotatable bonds is 2. The fourth-order valence-corrected chi connectivity index (χ4v) is 1.18. The van der Waals surface area contributed by atoms with E-state index in [9.17, 15) is 4.79 Å². The van der Waals surface area contributed by atoms with E-state index in [4.69, 9.17) is 11.6 Å². The highest BCUT2D eigenvalue weighted by Gasteiger charge is 1.96. The van der Waals surface area contributed by atoms with Crippen molar-refractivity contribution in [1.82, 2.24) is 4.98 Å². The summed E-state index contributed by atoms with van der Waals surface area (Å²) in [5.74, 6) is 0. The second-order valence-corrected chi connectivity index (χ2v) is 2.73. The zero-order valence-electron chi connectivity index (χ0n) is 6.54. The quantitative estimate of drug-likeness (QED) is 0.398. The van der Waals surface area contributed by atoms with Crippen LogP contribution in [0.25, 0.3) is 0 Å². The summed E-state index contributed by atoms with van der Waals surface area (Å²) in [4.78, 5) is 17.2. The van der Waals surface area contributed by atoms with Crippen molar-refractivity contribution in [3.63, 3.8) is 0 Å². The number of pyridine rings is 1. The van der Waals surface area contributed by atoms with Crippen LogP contribution >= 0.6 is 11.6 Å². The summed E-state index contributed by atoms with van der Waals surface area (Å²) in [6.45, 7) is 2.15. The monoisotopic (exact) mass is 182 g/mol. The van der Waals surface area contributed by atoms with E-state index in [1.807, 2.05) is 13.0 Å². The number of carbonyl (C=O) groups excluding carboxylic acids is 1. The number of hydrogen-bond donors (Lipinski definition) is 0. The molecule has 0 unspecified atom stereocenters. The van der Waals surface area contributed by atoms with E-state index >= 15 is 0 Å². The average Bonchev–Trinajstić information content (AvgIpc) is 1.99. The van der Waals surface area contributed by atoms with Gasteiger partial charge in [-0.15, -0.1) is 0 Å². The molecule has 0 fully saturated rings. The van der Waals surface area contributed by atoms with Crippen LogP contribution in [-0.2, 0) is 11.3 Å². The van der Waals surface area contributed by atoms with Gasteiger partial charge in [-0.2, -0.15) is 0 Å². The first-order valence-electron chi connectivity index (χ1n) is 3.39. The molecule has 0 aliphatic rings. The number of hydrogen-bond acceptors (Lipinski definition) is 3. The number of halogens is 1. The van der Waals surface area contributed by atoms with E-state index < -0.39 is 0 Å². The Morgan fingerprint density at radius 2 is 2.42 bits per heavy atom. The number of nitrogens with zero attached hydrogens (tertiary/aromatic N) is 2. The van der Waals surface area contributed by atoms with E-state index in [1.165, 1.54) is 6.08 Å². The normalized spacial score (nSPS) is 9.17. The van der Waals surface area contributed by atoms with E-state index in [0.717, 1.165) is 11.3 Å². The van der Waals surface area contributed by atoms with Crippen LogP contribution in [0.3, 0.4) is 0 Å². The van der Waals surface area contributed by atoms with Crippen LogP contribution in [0.15, 0.2) is 17.1 Å². The third kappa shape index (κ3) is 2.46. The van der Waals surface area contributed by atoms with Crippen LogP contribution in [0, 0.1) is 6.92 Å². The smallest absolute Gasteiger partial charge is 0.235 e. The Kier molecular flexibility index (Phi) is 2.97. The Hall–Kier alpha value is -1.18. The largest absolute Gasteiger partial charge is 0.241 e. The minimum Gasteiger partial charge on any atom is -0.241 e. The second kappa shape index (κ2) is 4.00. The van der Waals surface area contributed by atoms with E-state index in [0.29, 0.717) is 11.7 Å². The summed E-state index contributed by atoms with van der Waals surface area (Å²) in [6.07, 6.45) is 1.47. The minimum atomic E-state index is 0.312. The molecule has 0 saturated carbocycles. The van der Waals surface area contributed by atoms with Gasteiger partial charge in [0.05, 0.1) is 6.54 Å². The molecule has 4 heteroatoms. The van der Waals surface area contributed by atoms with Crippen molar-refractivity contribution in [2.24, 2.45) is 4.99 Å². The maximum absolute atomic E-state index is 9.81. The summed E-state index contributed by atoms with van der Waals surface area (Å²) in [6, 6.07) is 3.50. The summed E-state index contributed by atoms with van der Waals surface area (Å²) in [5.41, 5.74) is 1.69.